The van der Waals surface area contributed by atoms with Crippen LogP contribution >= 0.6 is 60.7 Å². The molecule has 1 heterocycles. The Hall–Kier alpha value is -0.960. The highest BCUT2D eigenvalue weighted by atomic mass is 32.2. The third-order valence-corrected chi connectivity index (χ3v) is 6.20. The Labute approximate surface area is 165 Å². The fourth-order valence-electron chi connectivity index (χ4n) is 1.84. The molecule has 0 atom stereocenters. The lowest BCUT2D eigenvalue weighted by atomic mass is 10.2. The third kappa shape index (κ3) is 4.30. The van der Waals surface area contributed by atoms with Crippen molar-refractivity contribution in [3.63, 3.8) is 0 Å². The molecule has 2 aromatic rings. The summed E-state index contributed by atoms with van der Waals surface area (Å²) in [7, 11) is 0. The Morgan fingerprint density at radius 3 is 1.73 bits per heavy atom. The van der Waals surface area contributed by atoms with E-state index in [0.717, 1.165) is 0 Å². The van der Waals surface area contributed by atoms with E-state index in [1.165, 1.54) is 18.2 Å². The molecule has 0 bridgehead atoms. The second kappa shape index (κ2) is 9.82. The normalized spacial score (nSPS) is 10.8. The summed E-state index contributed by atoms with van der Waals surface area (Å²) in [6.45, 7) is 0. The van der Waals surface area contributed by atoms with Gasteiger partial charge in [-0.05, 0) is 6.07 Å². The van der Waals surface area contributed by atoms with Gasteiger partial charge in [-0.25, -0.2) is 4.98 Å². The molecule has 0 radical (unpaired) electrons. The molecule has 26 heavy (non-hydrogen) atoms. The number of rotatable bonds is 7. The molecule has 0 unspecified atom stereocenters. The minimum atomic E-state index is -1.00. The molecule has 0 fully saturated rings. The van der Waals surface area contributed by atoms with Crippen LogP contribution < -0.4 is 5.32 Å². The van der Waals surface area contributed by atoms with Crippen molar-refractivity contribution in [3.8, 4) is 5.88 Å². The highest BCUT2D eigenvalue weighted by Crippen LogP contribution is 2.54. The summed E-state index contributed by atoms with van der Waals surface area (Å²) in [6.07, 6.45) is 0. The van der Waals surface area contributed by atoms with E-state index < -0.39 is 103 Å². The van der Waals surface area contributed by atoms with E-state index in [9.17, 15) is 29.3 Å². The van der Waals surface area contributed by atoms with Crippen LogP contribution in [0.1, 0.15) is 10.5 Å². The number of nitrogens with zero attached hydrogens (tertiary/aromatic N) is 1. The fraction of sp³-hybridized carbons (Fsp3) is 0. The van der Waals surface area contributed by atoms with Crippen molar-refractivity contribution in [3.05, 3.63) is 23.9 Å². The number of aromatic hydroxyl groups is 1. The van der Waals surface area contributed by atoms with Crippen molar-refractivity contribution in [1.82, 2.24) is 4.98 Å². The van der Waals surface area contributed by atoms with Gasteiger partial charge in [0.15, 0.2) is 0 Å². The lowest BCUT2D eigenvalue weighted by molar-refractivity contribution is 0.102. The van der Waals surface area contributed by atoms with Gasteiger partial charge in [0.05, 0.1) is 90.9 Å². The molecule has 1 aromatic heterocycles. The van der Waals surface area contributed by atoms with Gasteiger partial charge in [-0.2, -0.15) is 19.4 Å². The summed E-state index contributed by atoms with van der Waals surface area (Å²) in [5.41, 5.74) is -0.902. The quantitative estimate of drug-likeness (QED) is 0.428. The number of benzene rings is 1. The second-order valence-corrected chi connectivity index (χ2v) is 7.05. The predicted molar refractivity (Wildman–Crippen MR) is 95.1 cm³/mol. The maximum absolute atomic E-state index is 13.4. The minimum Gasteiger partial charge on any atom is -0.493 e. The summed E-state index contributed by atoms with van der Waals surface area (Å²) in [5, 5.41) is 11.4. The Morgan fingerprint density at radius 2 is 1.31 bits per heavy atom. The SMILES string of the molecule is O=C(Nc1c(SF)c(SF)c(SF)c(SF)c1SF)c1cccc(O)n1. The zero-order valence-electron chi connectivity index (χ0n) is 12.0. The number of pyridine rings is 1. The highest BCUT2D eigenvalue weighted by molar-refractivity contribution is 8.00. The van der Waals surface area contributed by atoms with Gasteiger partial charge in [0.1, 0.15) is 5.69 Å². The van der Waals surface area contributed by atoms with Gasteiger partial charge < -0.3 is 10.4 Å². The molecule has 0 aliphatic heterocycles. The average molecular weight is 465 g/mol. The van der Waals surface area contributed by atoms with Crippen LogP contribution in [0.2, 0.25) is 0 Å². The molecule has 2 N–H and O–H groups in total. The zero-order chi connectivity index (χ0) is 19.3. The third-order valence-electron chi connectivity index (χ3n) is 2.87. The molecule has 1 amide bonds. The fourth-order valence-corrected chi connectivity index (χ4v) is 4.69. The first-order valence-corrected chi connectivity index (χ1v) is 9.75. The van der Waals surface area contributed by atoms with Gasteiger partial charge in [-0.1, -0.05) is 6.07 Å². The van der Waals surface area contributed by atoms with Gasteiger partial charge in [-0.3, -0.25) is 4.79 Å². The molecule has 2 rings (SSSR count). The number of halogens is 5. The number of hydrogen-bond donors (Lipinski definition) is 2. The van der Waals surface area contributed by atoms with E-state index in [-0.39, 0.29) is 5.69 Å². The lowest BCUT2D eigenvalue weighted by Crippen LogP contribution is -2.15. The Balaban J connectivity index is 2.64. The number of carbonyl (C=O) groups is 1. The maximum atomic E-state index is 13.4. The van der Waals surface area contributed by atoms with Crippen LogP contribution in [0.3, 0.4) is 0 Å². The molecule has 4 nitrogen and oxygen atoms in total. The predicted octanol–water partition coefficient (Wildman–Crippen LogP) is 6.92. The smallest absolute Gasteiger partial charge is 0.274 e. The Kier molecular flexibility index (Phi) is 8.06. The van der Waals surface area contributed by atoms with E-state index in [2.05, 4.69) is 10.3 Å². The number of nitrogens with one attached hydrogen (secondary N) is 1. The average Bonchev–Trinajstić information content (AvgIpc) is 2.66. The molecule has 0 spiro atoms. The first-order chi connectivity index (χ1) is 12.5. The summed E-state index contributed by atoms with van der Waals surface area (Å²) < 4.78 is 66.4. The largest absolute Gasteiger partial charge is 0.493 e. The van der Waals surface area contributed by atoms with Gasteiger partial charge >= 0.3 is 0 Å². The number of amides is 1. The van der Waals surface area contributed by atoms with Crippen LogP contribution in [0, 0.1) is 0 Å². The van der Waals surface area contributed by atoms with E-state index in [4.69, 9.17) is 0 Å². The lowest BCUT2D eigenvalue weighted by Gasteiger charge is -2.17. The molecule has 1 aromatic carbocycles. The van der Waals surface area contributed by atoms with E-state index in [1.54, 1.807) is 0 Å². The number of carbonyl (C=O) groups excluding carboxylic acids is 1. The summed E-state index contributed by atoms with van der Waals surface area (Å²) >= 11 is -2.89. The Bertz CT molecular complexity index is 796. The van der Waals surface area contributed by atoms with Gasteiger partial charge in [0.2, 0.25) is 5.88 Å². The van der Waals surface area contributed by atoms with Crippen molar-refractivity contribution >= 4 is 72.3 Å². The van der Waals surface area contributed by atoms with Crippen molar-refractivity contribution in [2.24, 2.45) is 0 Å². The minimum absolute atomic E-state index is 0.317. The van der Waals surface area contributed by atoms with E-state index in [1.807, 2.05) is 0 Å². The van der Waals surface area contributed by atoms with Crippen molar-refractivity contribution in [1.29, 1.82) is 0 Å². The first kappa shape index (κ1) is 21.3. The topological polar surface area (TPSA) is 62.2 Å². The molecular weight excluding hydrogens is 459 g/mol. The van der Waals surface area contributed by atoms with Crippen molar-refractivity contribution in [2.75, 3.05) is 5.32 Å². The van der Waals surface area contributed by atoms with Crippen LogP contribution in [0.15, 0.2) is 42.7 Å². The molecule has 0 saturated heterocycles. The number of anilines is 1. The van der Waals surface area contributed by atoms with Gasteiger partial charge in [0, 0.05) is 6.07 Å². The molecule has 0 aliphatic rings. The van der Waals surface area contributed by atoms with Crippen LogP contribution in [0.5, 0.6) is 5.88 Å². The second-order valence-electron chi connectivity index (χ2n) is 4.24. The monoisotopic (exact) mass is 464 g/mol. The van der Waals surface area contributed by atoms with Crippen LogP contribution in [-0.2, 0) is 0 Å². The first-order valence-electron chi connectivity index (χ1n) is 6.16. The highest BCUT2D eigenvalue weighted by Gasteiger charge is 2.29. The van der Waals surface area contributed by atoms with Gasteiger partial charge in [-0.15, -0.1) is 0 Å². The summed E-state index contributed by atoms with van der Waals surface area (Å²) in [4.78, 5) is 12.5. The van der Waals surface area contributed by atoms with Gasteiger partial charge in [0.25, 0.3) is 5.91 Å². The molecule has 140 valence electrons. The molecular formula is C12H5F5N2O2S5. The number of aromatic nitrogens is 1. The molecule has 14 heteroatoms. The van der Waals surface area contributed by atoms with E-state index >= 15 is 0 Å². The zero-order valence-corrected chi connectivity index (χ0v) is 16.0. The molecule has 0 aliphatic carbocycles. The maximum Gasteiger partial charge on any atom is 0.274 e. The van der Waals surface area contributed by atoms with Crippen molar-refractivity contribution in [2.45, 2.75) is 24.5 Å². The standard InChI is InChI=1S/C12H5F5N2O2S5/c13-22-7-6(19-12(21)4-2-1-3-5(20)18-4)8(23-14)10(25-16)11(26-17)9(7)24-15/h1-3H,(H,18,20)(H,19,21). The Morgan fingerprint density at radius 1 is 0.846 bits per heavy atom. The van der Waals surface area contributed by atoms with Crippen LogP contribution in [-0.4, -0.2) is 16.0 Å². The summed E-state index contributed by atoms with van der Waals surface area (Å²) in [5.74, 6) is -1.49. The van der Waals surface area contributed by atoms with Crippen LogP contribution in [0.4, 0.5) is 25.1 Å². The summed E-state index contributed by atoms with van der Waals surface area (Å²) in [6, 6.07) is 3.67. The molecule has 0 saturated carbocycles. The van der Waals surface area contributed by atoms with E-state index in [0.29, 0.717) is 0 Å². The number of hydrogen-bond acceptors (Lipinski definition) is 8. The van der Waals surface area contributed by atoms with Crippen molar-refractivity contribution < 1.29 is 29.3 Å². The van der Waals surface area contributed by atoms with Crippen LogP contribution in [0.25, 0.3) is 0 Å².